The Hall–Kier alpha value is -1.51. The summed E-state index contributed by atoms with van der Waals surface area (Å²) in [5.41, 5.74) is 0. The van der Waals surface area contributed by atoms with Crippen molar-refractivity contribution < 1.29 is 42.1 Å². The molecular weight excluding hydrogens is 870 g/mol. The van der Waals surface area contributed by atoms with Gasteiger partial charge in [0, 0.05) is 12.8 Å². The molecule has 0 heterocycles. The maximum absolute atomic E-state index is 12.7. The molecule has 10 heteroatoms. The minimum atomic E-state index is -4.37. The molecule has 1 N–H and O–H groups in total. The van der Waals surface area contributed by atoms with Crippen molar-refractivity contribution in [2.75, 3.05) is 47.5 Å². The summed E-state index contributed by atoms with van der Waals surface area (Å²) in [5.74, 6) is -0.791. The van der Waals surface area contributed by atoms with Crippen LogP contribution in [0.4, 0.5) is 0 Å². The van der Waals surface area contributed by atoms with E-state index < -0.39 is 26.5 Å². The molecule has 0 bridgehead atoms. The van der Waals surface area contributed by atoms with Crippen LogP contribution < -0.4 is 0 Å². The number of unbranched alkanes of at least 4 members (excludes halogenated alkanes) is 36. The lowest BCUT2D eigenvalue weighted by atomic mass is 10.0. The highest BCUT2D eigenvalue weighted by Gasteiger charge is 2.27. The first-order chi connectivity index (χ1) is 33.0. The lowest BCUT2D eigenvalue weighted by Gasteiger charge is -2.24. The molecule has 0 radical (unpaired) electrons. The van der Waals surface area contributed by atoms with E-state index in [0.717, 1.165) is 38.5 Å². The topological polar surface area (TPSA) is 108 Å². The maximum Gasteiger partial charge on any atom is 0.472 e. The Labute approximate surface area is 421 Å². The van der Waals surface area contributed by atoms with E-state index in [4.69, 9.17) is 18.5 Å². The Morgan fingerprint density at radius 1 is 0.456 bits per heavy atom. The fraction of sp³-hybridized carbons (Fsp3) is 0.897. The average molecular weight is 984 g/mol. The number of carbonyl (C=O) groups excluding carboxylic acids is 2. The highest BCUT2D eigenvalue weighted by molar-refractivity contribution is 7.47. The Morgan fingerprint density at radius 2 is 0.794 bits per heavy atom. The van der Waals surface area contributed by atoms with E-state index in [1.54, 1.807) is 0 Å². The van der Waals surface area contributed by atoms with Gasteiger partial charge in [0.05, 0.1) is 27.7 Å². The largest absolute Gasteiger partial charge is 0.472 e. The van der Waals surface area contributed by atoms with Gasteiger partial charge < -0.3 is 18.9 Å². The van der Waals surface area contributed by atoms with Gasteiger partial charge in [0.15, 0.2) is 6.10 Å². The van der Waals surface area contributed by atoms with Crippen LogP contribution in [0.15, 0.2) is 24.3 Å². The summed E-state index contributed by atoms with van der Waals surface area (Å²) in [7, 11) is 1.49. The van der Waals surface area contributed by atoms with Crippen molar-refractivity contribution in [2.45, 2.75) is 290 Å². The van der Waals surface area contributed by atoms with Crippen molar-refractivity contribution in [3.63, 3.8) is 0 Å². The predicted octanol–water partition coefficient (Wildman–Crippen LogP) is 17.8. The number of nitrogens with zero attached hydrogens (tertiary/aromatic N) is 1. The van der Waals surface area contributed by atoms with Crippen LogP contribution in [0.3, 0.4) is 0 Å². The van der Waals surface area contributed by atoms with Gasteiger partial charge in [-0.3, -0.25) is 18.6 Å². The molecule has 2 unspecified atom stereocenters. The number of esters is 2. The number of hydrogen-bond acceptors (Lipinski definition) is 7. The van der Waals surface area contributed by atoms with E-state index in [1.807, 2.05) is 21.1 Å². The number of phosphoric acid groups is 1. The van der Waals surface area contributed by atoms with Gasteiger partial charge in [0.2, 0.25) is 0 Å². The number of likely N-dealkylation sites (N-methyl/N-ethyl adjacent to an activating group) is 1. The van der Waals surface area contributed by atoms with Gasteiger partial charge in [-0.15, -0.1) is 0 Å². The first kappa shape index (κ1) is 66.5. The van der Waals surface area contributed by atoms with Crippen molar-refractivity contribution in [1.29, 1.82) is 0 Å². The number of hydrogen-bond donors (Lipinski definition) is 1. The van der Waals surface area contributed by atoms with Gasteiger partial charge in [-0.2, -0.15) is 0 Å². The minimum absolute atomic E-state index is 0.0352. The number of phosphoric ester groups is 1. The van der Waals surface area contributed by atoms with E-state index in [-0.39, 0.29) is 25.6 Å². The van der Waals surface area contributed by atoms with E-state index >= 15 is 0 Å². The monoisotopic (exact) mass is 983 g/mol. The molecule has 0 aliphatic heterocycles. The van der Waals surface area contributed by atoms with E-state index in [9.17, 15) is 19.0 Å². The number of carbonyl (C=O) groups is 2. The first-order valence-electron chi connectivity index (χ1n) is 29.1. The molecule has 9 nitrogen and oxygen atoms in total. The molecule has 0 spiro atoms. The van der Waals surface area contributed by atoms with Crippen LogP contribution in [0, 0.1) is 0 Å². The van der Waals surface area contributed by atoms with Crippen molar-refractivity contribution in [3.05, 3.63) is 24.3 Å². The summed E-state index contributed by atoms with van der Waals surface area (Å²) in [6.07, 6.45) is 60.2. The summed E-state index contributed by atoms with van der Waals surface area (Å²) in [6, 6.07) is 0. The van der Waals surface area contributed by atoms with Crippen LogP contribution in [-0.2, 0) is 32.7 Å². The molecule has 2 atom stereocenters. The molecule has 0 saturated carbocycles. The highest BCUT2D eigenvalue weighted by Crippen LogP contribution is 2.43. The molecule has 0 aliphatic carbocycles. The van der Waals surface area contributed by atoms with Gasteiger partial charge in [-0.1, -0.05) is 250 Å². The number of allylic oxidation sites excluding steroid dienone is 4. The fourth-order valence-corrected chi connectivity index (χ4v) is 9.20. The van der Waals surface area contributed by atoms with Gasteiger partial charge in [0.25, 0.3) is 0 Å². The fourth-order valence-electron chi connectivity index (χ4n) is 8.46. The molecule has 0 fully saturated rings. The third kappa shape index (κ3) is 53.8. The van der Waals surface area contributed by atoms with Crippen LogP contribution in [0.5, 0.6) is 0 Å². The zero-order valence-electron chi connectivity index (χ0n) is 45.6. The van der Waals surface area contributed by atoms with Crippen molar-refractivity contribution >= 4 is 19.8 Å². The molecular formula is C58H113NO8P+. The summed E-state index contributed by atoms with van der Waals surface area (Å²) in [4.78, 5) is 35.3. The number of quaternary nitrogens is 1. The SMILES string of the molecule is CCCCCCC/C=C\C/C=C\CCCCCCCCCCCCCCCCCCCCCCCCCCCC(=O)OC(COC(=O)CCCCCCCCC)COP(=O)(O)OCC[N+](C)(C)C. The molecule has 402 valence electrons. The quantitative estimate of drug-likeness (QED) is 0.0211. The molecule has 0 aliphatic rings. The van der Waals surface area contributed by atoms with Gasteiger partial charge in [0.1, 0.15) is 19.8 Å². The summed E-state index contributed by atoms with van der Waals surface area (Å²) >= 11 is 0. The van der Waals surface area contributed by atoms with Crippen molar-refractivity contribution in [1.82, 2.24) is 0 Å². The van der Waals surface area contributed by atoms with Crippen LogP contribution in [-0.4, -0.2) is 74.9 Å². The standard InChI is InChI=1S/C58H112NO8P/c1-6-8-10-12-14-15-16-17-18-19-20-21-22-23-24-25-26-27-28-29-30-31-32-33-34-35-36-37-38-39-40-41-42-43-45-47-49-51-58(61)67-56(55-66-68(62,63)65-53-52-59(3,4)5)54-64-57(60)50-48-46-44-13-11-9-7-2/h16-17,19-20,56H,6-15,18,21-55H2,1-5H3/p+1/b17-16-,20-19-. The number of ether oxygens (including phenoxy) is 2. The lowest BCUT2D eigenvalue weighted by Crippen LogP contribution is -2.37. The van der Waals surface area contributed by atoms with E-state index in [2.05, 4.69) is 38.2 Å². The van der Waals surface area contributed by atoms with Crippen LogP contribution in [0.2, 0.25) is 0 Å². The molecule has 0 aromatic carbocycles. The maximum atomic E-state index is 12.7. The second-order valence-corrected chi connectivity index (χ2v) is 22.5. The zero-order chi connectivity index (χ0) is 49.9. The molecule has 0 aromatic rings. The van der Waals surface area contributed by atoms with E-state index in [0.29, 0.717) is 23.9 Å². The predicted molar refractivity (Wildman–Crippen MR) is 289 cm³/mol. The van der Waals surface area contributed by atoms with Gasteiger partial charge in [-0.05, 0) is 44.9 Å². The Kier molecular flexibility index (Phi) is 49.3. The normalized spacial score (nSPS) is 13.4. The minimum Gasteiger partial charge on any atom is -0.462 e. The Bertz CT molecular complexity index is 1200. The van der Waals surface area contributed by atoms with Gasteiger partial charge in [-0.25, -0.2) is 4.57 Å². The second-order valence-electron chi connectivity index (χ2n) is 21.0. The summed E-state index contributed by atoms with van der Waals surface area (Å²) < 4.78 is 34.3. The molecule has 0 amide bonds. The van der Waals surface area contributed by atoms with Crippen LogP contribution in [0.25, 0.3) is 0 Å². The highest BCUT2D eigenvalue weighted by atomic mass is 31.2. The third-order valence-electron chi connectivity index (χ3n) is 13.0. The third-order valence-corrected chi connectivity index (χ3v) is 14.0. The lowest BCUT2D eigenvalue weighted by molar-refractivity contribution is -0.870. The summed E-state index contributed by atoms with van der Waals surface area (Å²) in [5, 5.41) is 0. The van der Waals surface area contributed by atoms with Crippen LogP contribution in [0.1, 0.15) is 284 Å². The average Bonchev–Trinajstić information content (AvgIpc) is 3.30. The first-order valence-corrected chi connectivity index (χ1v) is 30.6. The van der Waals surface area contributed by atoms with Crippen molar-refractivity contribution in [2.24, 2.45) is 0 Å². The summed E-state index contributed by atoms with van der Waals surface area (Å²) in [6.45, 7) is 4.40. The molecule has 0 rings (SSSR count). The smallest absolute Gasteiger partial charge is 0.462 e. The van der Waals surface area contributed by atoms with Crippen molar-refractivity contribution in [3.8, 4) is 0 Å². The van der Waals surface area contributed by atoms with Gasteiger partial charge >= 0.3 is 19.8 Å². The Morgan fingerprint density at radius 3 is 1.16 bits per heavy atom. The zero-order valence-corrected chi connectivity index (χ0v) is 46.5. The second kappa shape index (κ2) is 50.4. The Balaban J connectivity index is 3.78. The van der Waals surface area contributed by atoms with E-state index in [1.165, 1.54) is 212 Å². The molecule has 0 saturated heterocycles. The molecule has 68 heavy (non-hydrogen) atoms. The van der Waals surface area contributed by atoms with Crippen LogP contribution >= 0.6 is 7.82 Å². The number of rotatable bonds is 54. The molecule has 0 aromatic heterocycles.